The lowest BCUT2D eigenvalue weighted by Crippen LogP contribution is -2.25. The number of ether oxygens (including phenoxy) is 2. The zero-order chi connectivity index (χ0) is 20.8. The number of carbonyl (C=O) groups is 2. The summed E-state index contributed by atoms with van der Waals surface area (Å²) in [4.78, 5) is 26.6. The molecule has 3 rings (SSSR count). The van der Waals surface area contributed by atoms with E-state index in [2.05, 4.69) is 5.32 Å². The number of amides is 1. The molecule has 1 heterocycles. The molecule has 156 valence electrons. The van der Waals surface area contributed by atoms with E-state index in [1.165, 1.54) is 17.8 Å². The lowest BCUT2D eigenvalue weighted by atomic mass is 9.88. The van der Waals surface area contributed by atoms with Gasteiger partial charge in [-0.3, -0.25) is 4.79 Å². The SMILES string of the molecule is CCOC(=O)c1c(NC(=O)C2CCCCC2)sc(C)c1-c1ccc(OCC)cc1. The van der Waals surface area contributed by atoms with Crippen LogP contribution in [0, 0.1) is 12.8 Å². The third-order valence-electron chi connectivity index (χ3n) is 5.23. The number of carbonyl (C=O) groups excluding carboxylic acids is 2. The van der Waals surface area contributed by atoms with Gasteiger partial charge in [0.2, 0.25) is 5.91 Å². The first-order chi connectivity index (χ1) is 14.0. The van der Waals surface area contributed by atoms with E-state index in [0.717, 1.165) is 47.4 Å². The lowest BCUT2D eigenvalue weighted by Gasteiger charge is -2.20. The van der Waals surface area contributed by atoms with Crippen molar-refractivity contribution in [1.82, 2.24) is 0 Å². The molecule has 2 aromatic rings. The molecule has 1 aromatic heterocycles. The average molecular weight is 416 g/mol. The molecule has 0 radical (unpaired) electrons. The highest BCUT2D eigenvalue weighted by Crippen LogP contribution is 2.41. The Hall–Kier alpha value is -2.34. The first-order valence-corrected chi connectivity index (χ1v) is 11.2. The summed E-state index contributed by atoms with van der Waals surface area (Å²) >= 11 is 1.43. The van der Waals surface area contributed by atoms with Gasteiger partial charge in [0.1, 0.15) is 16.3 Å². The number of rotatable bonds is 7. The standard InChI is InChI=1S/C23H29NO4S/c1-4-27-18-13-11-16(12-14-18)19-15(3)29-22(20(19)23(26)28-5-2)24-21(25)17-9-7-6-8-10-17/h11-14,17H,4-10H2,1-3H3,(H,24,25). The van der Waals surface area contributed by atoms with Crippen molar-refractivity contribution in [3.8, 4) is 16.9 Å². The van der Waals surface area contributed by atoms with Gasteiger partial charge in [-0.1, -0.05) is 31.4 Å². The van der Waals surface area contributed by atoms with E-state index in [4.69, 9.17) is 9.47 Å². The number of thiophene rings is 1. The Morgan fingerprint density at radius 3 is 2.38 bits per heavy atom. The Kier molecular flexibility index (Phi) is 7.31. The molecule has 0 unspecified atom stereocenters. The fourth-order valence-electron chi connectivity index (χ4n) is 3.84. The van der Waals surface area contributed by atoms with Crippen LogP contribution in [0.2, 0.25) is 0 Å². The fraction of sp³-hybridized carbons (Fsp3) is 0.478. The third-order valence-corrected chi connectivity index (χ3v) is 6.25. The number of anilines is 1. The molecule has 0 saturated heterocycles. The Balaban J connectivity index is 1.95. The molecular formula is C23H29NO4S. The largest absolute Gasteiger partial charge is 0.494 e. The van der Waals surface area contributed by atoms with Crippen LogP contribution in [0.15, 0.2) is 24.3 Å². The molecule has 1 amide bonds. The summed E-state index contributed by atoms with van der Waals surface area (Å²) in [5.41, 5.74) is 2.17. The number of hydrogen-bond donors (Lipinski definition) is 1. The minimum atomic E-state index is -0.403. The molecule has 5 nitrogen and oxygen atoms in total. The quantitative estimate of drug-likeness (QED) is 0.579. The van der Waals surface area contributed by atoms with Crippen molar-refractivity contribution >= 4 is 28.2 Å². The average Bonchev–Trinajstić information content (AvgIpc) is 3.05. The van der Waals surface area contributed by atoms with E-state index in [9.17, 15) is 9.59 Å². The van der Waals surface area contributed by atoms with Crippen LogP contribution in [0.3, 0.4) is 0 Å². The number of nitrogens with one attached hydrogen (secondary N) is 1. The smallest absolute Gasteiger partial charge is 0.341 e. The van der Waals surface area contributed by atoms with Crippen LogP contribution in [0.1, 0.15) is 61.2 Å². The molecule has 1 saturated carbocycles. The van der Waals surface area contributed by atoms with Gasteiger partial charge in [-0.2, -0.15) is 0 Å². The van der Waals surface area contributed by atoms with Gasteiger partial charge in [0, 0.05) is 16.4 Å². The maximum absolute atomic E-state index is 12.8. The van der Waals surface area contributed by atoms with Crippen LogP contribution in [0.25, 0.3) is 11.1 Å². The Morgan fingerprint density at radius 2 is 1.76 bits per heavy atom. The lowest BCUT2D eigenvalue weighted by molar-refractivity contribution is -0.120. The van der Waals surface area contributed by atoms with Gasteiger partial charge >= 0.3 is 5.97 Å². The molecule has 1 aliphatic rings. The molecule has 1 N–H and O–H groups in total. The second kappa shape index (κ2) is 9.92. The summed E-state index contributed by atoms with van der Waals surface area (Å²) in [6.45, 7) is 6.58. The molecule has 0 atom stereocenters. The highest BCUT2D eigenvalue weighted by molar-refractivity contribution is 7.17. The second-order valence-electron chi connectivity index (χ2n) is 7.24. The zero-order valence-electron chi connectivity index (χ0n) is 17.4. The number of hydrogen-bond acceptors (Lipinski definition) is 5. The van der Waals surface area contributed by atoms with Gasteiger partial charge in [0.25, 0.3) is 0 Å². The normalized spacial score (nSPS) is 14.4. The van der Waals surface area contributed by atoms with Gasteiger partial charge in [0.15, 0.2) is 0 Å². The van der Waals surface area contributed by atoms with Crippen molar-refractivity contribution in [2.24, 2.45) is 5.92 Å². The molecule has 0 aliphatic heterocycles. The predicted octanol–water partition coefficient (Wildman–Crippen LogP) is 5.82. The van der Waals surface area contributed by atoms with Crippen molar-refractivity contribution in [2.75, 3.05) is 18.5 Å². The van der Waals surface area contributed by atoms with Crippen molar-refractivity contribution in [1.29, 1.82) is 0 Å². The highest BCUT2D eigenvalue weighted by atomic mass is 32.1. The van der Waals surface area contributed by atoms with Gasteiger partial charge < -0.3 is 14.8 Å². The van der Waals surface area contributed by atoms with Crippen LogP contribution in [-0.2, 0) is 9.53 Å². The van der Waals surface area contributed by atoms with E-state index >= 15 is 0 Å². The van der Waals surface area contributed by atoms with Crippen LogP contribution in [0.4, 0.5) is 5.00 Å². The van der Waals surface area contributed by atoms with E-state index in [0.29, 0.717) is 17.2 Å². The summed E-state index contributed by atoms with van der Waals surface area (Å²) < 4.78 is 10.8. The maximum atomic E-state index is 12.8. The molecular weight excluding hydrogens is 386 g/mol. The summed E-state index contributed by atoms with van der Waals surface area (Å²) in [5, 5.41) is 3.62. The Labute approximate surface area is 176 Å². The number of esters is 1. The second-order valence-corrected chi connectivity index (χ2v) is 8.46. The maximum Gasteiger partial charge on any atom is 0.341 e. The molecule has 1 fully saturated rings. The van der Waals surface area contributed by atoms with E-state index < -0.39 is 5.97 Å². The number of benzene rings is 1. The van der Waals surface area contributed by atoms with Crippen LogP contribution < -0.4 is 10.1 Å². The molecule has 0 spiro atoms. The molecule has 6 heteroatoms. The monoisotopic (exact) mass is 415 g/mol. The number of aryl methyl sites for hydroxylation is 1. The first-order valence-electron chi connectivity index (χ1n) is 10.4. The zero-order valence-corrected chi connectivity index (χ0v) is 18.2. The topological polar surface area (TPSA) is 64.6 Å². The molecule has 0 bridgehead atoms. The molecule has 1 aromatic carbocycles. The van der Waals surface area contributed by atoms with E-state index in [1.54, 1.807) is 6.92 Å². The van der Waals surface area contributed by atoms with Gasteiger partial charge in [-0.15, -0.1) is 11.3 Å². The van der Waals surface area contributed by atoms with Crippen molar-refractivity contribution in [2.45, 2.75) is 52.9 Å². The van der Waals surface area contributed by atoms with Gasteiger partial charge in [-0.05, 0) is 51.3 Å². The highest BCUT2D eigenvalue weighted by Gasteiger charge is 2.28. The van der Waals surface area contributed by atoms with Crippen molar-refractivity contribution in [3.05, 3.63) is 34.7 Å². The Morgan fingerprint density at radius 1 is 1.07 bits per heavy atom. The predicted molar refractivity (Wildman–Crippen MR) is 117 cm³/mol. The minimum Gasteiger partial charge on any atom is -0.494 e. The first kappa shape index (κ1) is 21.4. The van der Waals surface area contributed by atoms with Crippen LogP contribution in [0.5, 0.6) is 5.75 Å². The summed E-state index contributed by atoms with van der Waals surface area (Å²) in [7, 11) is 0. The van der Waals surface area contributed by atoms with Gasteiger partial charge in [-0.25, -0.2) is 4.79 Å². The van der Waals surface area contributed by atoms with Gasteiger partial charge in [0.05, 0.1) is 13.2 Å². The van der Waals surface area contributed by atoms with E-state index in [1.807, 2.05) is 38.1 Å². The minimum absolute atomic E-state index is 0.00902. The van der Waals surface area contributed by atoms with Crippen molar-refractivity contribution < 1.29 is 19.1 Å². The summed E-state index contributed by atoms with van der Waals surface area (Å²) in [6.07, 6.45) is 5.19. The van der Waals surface area contributed by atoms with E-state index in [-0.39, 0.29) is 18.4 Å². The summed E-state index contributed by atoms with van der Waals surface area (Å²) in [6, 6.07) is 7.67. The molecule has 29 heavy (non-hydrogen) atoms. The van der Waals surface area contributed by atoms with Crippen LogP contribution in [-0.4, -0.2) is 25.1 Å². The Bertz CT molecular complexity index is 851. The fourth-order valence-corrected chi connectivity index (χ4v) is 4.91. The van der Waals surface area contributed by atoms with Crippen LogP contribution >= 0.6 is 11.3 Å². The molecule has 1 aliphatic carbocycles. The third kappa shape index (κ3) is 4.99. The summed E-state index contributed by atoms with van der Waals surface area (Å²) in [5.74, 6) is 0.414. The van der Waals surface area contributed by atoms with Crippen molar-refractivity contribution in [3.63, 3.8) is 0 Å².